The Morgan fingerprint density at radius 3 is 3.00 bits per heavy atom. The third kappa shape index (κ3) is 2.84. The van der Waals surface area contributed by atoms with E-state index in [2.05, 4.69) is 17.6 Å². The molecular formula is C17H18N2O2. The molecule has 1 amide bonds. The highest BCUT2D eigenvalue weighted by atomic mass is 16.5. The first-order valence-corrected chi connectivity index (χ1v) is 7.18. The van der Waals surface area contributed by atoms with Gasteiger partial charge in [0.2, 0.25) is 0 Å². The summed E-state index contributed by atoms with van der Waals surface area (Å²) in [6, 6.07) is 13.4. The summed E-state index contributed by atoms with van der Waals surface area (Å²) in [7, 11) is 0. The second-order valence-corrected chi connectivity index (χ2v) is 4.97. The molecule has 0 aromatic heterocycles. The molecule has 0 fully saturated rings. The zero-order valence-electron chi connectivity index (χ0n) is 12.0. The van der Waals surface area contributed by atoms with Crippen LogP contribution in [-0.4, -0.2) is 19.1 Å². The number of amides is 1. The van der Waals surface area contributed by atoms with E-state index >= 15 is 0 Å². The normalized spacial score (nSPS) is 12.8. The lowest BCUT2D eigenvalue weighted by molar-refractivity contribution is 0.102. The van der Waals surface area contributed by atoms with Crippen LogP contribution in [-0.2, 0) is 6.42 Å². The monoisotopic (exact) mass is 282 g/mol. The van der Waals surface area contributed by atoms with Crippen LogP contribution in [0.4, 0.5) is 11.4 Å². The van der Waals surface area contributed by atoms with Crippen LogP contribution < -0.4 is 15.4 Å². The highest BCUT2D eigenvalue weighted by Crippen LogP contribution is 2.31. The Kier molecular flexibility index (Phi) is 3.77. The van der Waals surface area contributed by atoms with Crippen molar-refractivity contribution in [2.24, 2.45) is 0 Å². The number of benzene rings is 2. The van der Waals surface area contributed by atoms with Crippen molar-refractivity contribution >= 4 is 17.3 Å². The molecule has 0 aliphatic carbocycles. The average Bonchev–Trinajstić information content (AvgIpc) is 2.54. The minimum Gasteiger partial charge on any atom is -0.489 e. The number of anilines is 2. The molecule has 1 heterocycles. The van der Waals surface area contributed by atoms with Crippen molar-refractivity contribution in [3.8, 4) is 5.75 Å². The fraction of sp³-hybridized carbons (Fsp3) is 0.235. The summed E-state index contributed by atoms with van der Waals surface area (Å²) in [6.45, 7) is 3.42. The maximum absolute atomic E-state index is 12.5. The van der Waals surface area contributed by atoms with E-state index in [0.29, 0.717) is 17.9 Å². The van der Waals surface area contributed by atoms with Gasteiger partial charge in [0.15, 0.2) is 5.75 Å². The molecule has 3 rings (SSSR count). The number of fused-ring (bicyclic) bond motifs is 1. The summed E-state index contributed by atoms with van der Waals surface area (Å²) in [4.78, 5) is 12.5. The number of carbonyl (C=O) groups is 1. The SMILES string of the molecule is CCc1cccc(NC(=O)c2cccc3c2OCCN3)c1. The van der Waals surface area contributed by atoms with Gasteiger partial charge in [-0.1, -0.05) is 25.1 Å². The average molecular weight is 282 g/mol. The number of carbonyl (C=O) groups excluding carboxylic acids is 1. The van der Waals surface area contributed by atoms with Gasteiger partial charge >= 0.3 is 0 Å². The van der Waals surface area contributed by atoms with Gasteiger partial charge < -0.3 is 15.4 Å². The van der Waals surface area contributed by atoms with Crippen molar-refractivity contribution in [2.75, 3.05) is 23.8 Å². The van der Waals surface area contributed by atoms with Gasteiger partial charge in [-0.15, -0.1) is 0 Å². The van der Waals surface area contributed by atoms with Crippen molar-refractivity contribution in [1.29, 1.82) is 0 Å². The molecule has 0 atom stereocenters. The molecule has 108 valence electrons. The molecule has 0 saturated carbocycles. The van der Waals surface area contributed by atoms with Gasteiger partial charge in [-0.05, 0) is 36.2 Å². The van der Waals surface area contributed by atoms with Crippen LogP contribution in [0.1, 0.15) is 22.8 Å². The molecule has 0 radical (unpaired) electrons. The first-order valence-electron chi connectivity index (χ1n) is 7.18. The number of rotatable bonds is 3. The van der Waals surface area contributed by atoms with Crippen LogP contribution in [0.2, 0.25) is 0 Å². The molecule has 0 spiro atoms. The van der Waals surface area contributed by atoms with Crippen molar-refractivity contribution in [3.63, 3.8) is 0 Å². The van der Waals surface area contributed by atoms with Crippen LogP contribution in [0.15, 0.2) is 42.5 Å². The second kappa shape index (κ2) is 5.87. The van der Waals surface area contributed by atoms with E-state index in [1.165, 1.54) is 5.56 Å². The van der Waals surface area contributed by atoms with Gasteiger partial charge in [0, 0.05) is 12.2 Å². The number of ether oxygens (including phenoxy) is 1. The Bertz CT molecular complexity index is 668. The summed E-state index contributed by atoms with van der Waals surface area (Å²) in [6.07, 6.45) is 0.942. The van der Waals surface area contributed by atoms with E-state index in [0.717, 1.165) is 24.3 Å². The molecule has 0 saturated heterocycles. The van der Waals surface area contributed by atoms with E-state index in [1.54, 1.807) is 6.07 Å². The summed E-state index contributed by atoms with van der Waals surface area (Å²) in [5.74, 6) is 0.483. The zero-order chi connectivity index (χ0) is 14.7. The number of para-hydroxylation sites is 1. The number of nitrogens with one attached hydrogen (secondary N) is 2. The largest absolute Gasteiger partial charge is 0.489 e. The molecular weight excluding hydrogens is 264 g/mol. The summed E-state index contributed by atoms with van der Waals surface area (Å²) >= 11 is 0. The number of hydrogen-bond acceptors (Lipinski definition) is 3. The number of hydrogen-bond donors (Lipinski definition) is 2. The Balaban J connectivity index is 1.85. The zero-order valence-corrected chi connectivity index (χ0v) is 12.0. The molecule has 0 unspecified atom stereocenters. The highest BCUT2D eigenvalue weighted by molar-refractivity contribution is 6.07. The topological polar surface area (TPSA) is 50.4 Å². The van der Waals surface area contributed by atoms with E-state index in [4.69, 9.17) is 4.74 Å². The molecule has 2 N–H and O–H groups in total. The van der Waals surface area contributed by atoms with Crippen LogP contribution in [0.25, 0.3) is 0 Å². The molecule has 1 aliphatic rings. The first kappa shape index (κ1) is 13.5. The van der Waals surface area contributed by atoms with Crippen molar-refractivity contribution < 1.29 is 9.53 Å². The van der Waals surface area contributed by atoms with Gasteiger partial charge in [-0.2, -0.15) is 0 Å². The van der Waals surface area contributed by atoms with Crippen molar-refractivity contribution in [1.82, 2.24) is 0 Å². The molecule has 1 aliphatic heterocycles. The predicted octanol–water partition coefficient (Wildman–Crippen LogP) is 3.31. The smallest absolute Gasteiger partial charge is 0.259 e. The molecule has 4 nitrogen and oxygen atoms in total. The Morgan fingerprint density at radius 1 is 1.29 bits per heavy atom. The van der Waals surface area contributed by atoms with E-state index in [1.807, 2.05) is 36.4 Å². The van der Waals surface area contributed by atoms with E-state index in [-0.39, 0.29) is 5.91 Å². The third-order valence-corrected chi connectivity index (χ3v) is 3.52. The Hall–Kier alpha value is -2.49. The van der Waals surface area contributed by atoms with Gasteiger partial charge in [0.25, 0.3) is 5.91 Å². The summed E-state index contributed by atoms with van der Waals surface area (Å²) < 4.78 is 5.63. The van der Waals surface area contributed by atoms with E-state index in [9.17, 15) is 4.79 Å². The van der Waals surface area contributed by atoms with E-state index < -0.39 is 0 Å². The Labute approximate surface area is 124 Å². The lowest BCUT2D eigenvalue weighted by atomic mass is 10.1. The molecule has 2 aromatic rings. The fourth-order valence-electron chi connectivity index (χ4n) is 2.42. The fourth-order valence-corrected chi connectivity index (χ4v) is 2.42. The van der Waals surface area contributed by atoms with Gasteiger partial charge in [-0.25, -0.2) is 0 Å². The lowest BCUT2D eigenvalue weighted by Crippen LogP contribution is -2.21. The maximum Gasteiger partial charge on any atom is 0.259 e. The minimum absolute atomic E-state index is 0.149. The van der Waals surface area contributed by atoms with Crippen molar-refractivity contribution in [2.45, 2.75) is 13.3 Å². The van der Waals surface area contributed by atoms with Crippen LogP contribution in [0.5, 0.6) is 5.75 Å². The third-order valence-electron chi connectivity index (χ3n) is 3.52. The quantitative estimate of drug-likeness (QED) is 0.908. The molecule has 21 heavy (non-hydrogen) atoms. The van der Waals surface area contributed by atoms with Crippen LogP contribution >= 0.6 is 0 Å². The standard InChI is InChI=1S/C17H18N2O2/c1-2-12-5-3-6-13(11-12)19-17(20)14-7-4-8-15-16(14)21-10-9-18-15/h3-8,11,18H,2,9-10H2,1H3,(H,19,20). The van der Waals surface area contributed by atoms with Crippen LogP contribution in [0, 0.1) is 0 Å². The van der Waals surface area contributed by atoms with Gasteiger partial charge in [0.1, 0.15) is 6.61 Å². The second-order valence-electron chi connectivity index (χ2n) is 4.97. The summed E-state index contributed by atoms with van der Waals surface area (Å²) in [5.41, 5.74) is 3.43. The first-order chi connectivity index (χ1) is 10.3. The molecule has 4 heteroatoms. The summed E-state index contributed by atoms with van der Waals surface area (Å²) in [5, 5.41) is 6.17. The highest BCUT2D eigenvalue weighted by Gasteiger charge is 2.18. The van der Waals surface area contributed by atoms with Crippen LogP contribution in [0.3, 0.4) is 0 Å². The van der Waals surface area contributed by atoms with Gasteiger partial charge in [0.05, 0.1) is 11.3 Å². The van der Waals surface area contributed by atoms with Crippen molar-refractivity contribution in [3.05, 3.63) is 53.6 Å². The lowest BCUT2D eigenvalue weighted by Gasteiger charge is -2.21. The number of aryl methyl sites for hydroxylation is 1. The Morgan fingerprint density at radius 2 is 2.14 bits per heavy atom. The molecule has 2 aromatic carbocycles. The minimum atomic E-state index is -0.149. The molecule has 0 bridgehead atoms. The van der Waals surface area contributed by atoms with Gasteiger partial charge in [-0.3, -0.25) is 4.79 Å². The maximum atomic E-state index is 12.5. The predicted molar refractivity (Wildman–Crippen MR) is 84.2 cm³/mol.